The summed E-state index contributed by atoms with van der Waals surface area (Å²) in [6, 6.07) is 9.87. The van der Waals surface area contributed by atoms with E-state index in [9.17, 15) is 4.79 Å². The van der Waals surface area contributed by atoms with E-state index < -0.39 is 0 Å². The number of fused-ring (bicyclic) bond motifs is 3. The van der Waals surface area contributed by atoms with Crippen molar-refractivity contribution in [1.29, 1.82) is 0 Å². The number of aromatic nitrogens is 3. The maximum absolute atomic E-state index is 12.7. The van der Waals surface area contributed by atoms with Crippen molar-refractivity contribution in [2.24, 2.45) is 0 Å². The first-order valence-corrected chi connectivity index (χ1v) is 10.3. The van der Waals surface area contributed by atoms with E-state index in [1.54, 1.807) is 6.20 Å². The maximum atomic E-state index is 12.7. The lowest BCUT2D eigenvalue weighted by molar-refractivity contribution is 0.102. The van der Waals surface area contributed by atoms with Crippen molar-refractivity contribution in [3.8, 4) is 0 Å². The molecule has 6 nitrogen and oxygen atoms in total. The van der Waals surface area contributed by atoms with Crippen LogP contribution in [-0.2, 0) is 13.0 Å². The predicted molar refractivity (Wildman–Crippen MR) is 111 cm³/mol. The quantitative estimate of drug-likeness (QED) is 0.751. The first-order valence-electron chi connectivity index (χ1n) is 10.3. The van der Waals surface area contributed by atoms with E-state index in [0.29, 0.717) is 5.69 Å². The number of nitrogens with one attached hydrogen (secondary N) is 1. The Hall–Kier alpha value is -2.89. The molecule has 2 aliphatic rings. The molecule has 1 saturated heterocycles. The van der Waals surface area contributed by atoms with Crippen LogP contribution in [0.3, 0.4) is 0 Å². The van der Waals surface area contributed by atoms with Crippen molar-refractivity contribution in [3.63, 3.8) is 0 Å². The number of nitrogens with zero attached hydrogens (tertiary/aromatic N) is 4. The van der Waals surface area contributed by atoms with Crippen LogP contribution in [0.1, 0.15) is 48.4 Å². The monoisotopic (exact) mass is 375 g/mol. The molecular formula is C22H25N5O. The molecule has 1 fully saturated rings. The standard InChI is InChI=1S/C22H25N5O/c28-22(19-15-17(9-10-23-19)26-11-4-5-12-26)24-16-7-8-20-18(14-16)25-21-6-2-1-3-13-27(20)21/h7-10,14-15H,1-6,11-13H2,(H,24,28). The number of amides is 1. The van der Waals surface area contributed by atoms with Crippen molar-refractivity contribution in [2.45, 2.75) is 45.1 Å². The van der Waals surface area contributed by atoms with Crippen LogP contribution in [0.25, 0.3) is 11.0 Å². The molecule has 5 rings (SSSR count). The number of aryl methyl sites for hydroxylation is 2. The zero-order valence-electron chi connectivity index (χ0n) is 16.0. The molecule has 6 heteroatoms. The Labute approximate surface area is 164 Å². The number of hydrogen-bond acceptors (Lipinski definition) is 4. The summed E-state index contributed by atoms with van der Waals surface area (Å²) < 4.78 is 2.33. The molecule has 1 aromatic carbocycles. The average Bonchev–Trinajstić information content (AvgIpc) is 3.31. The van der Waals surface area contributed by atoms with Crippen LogP contribution in [0.15, 0.2) is 36.5 Å². The van der Waals surface area contributed by atoms with Crippen molar-refractivity contribution < 1.29 is 4.79 Å². The summed E-state index contributed by atoms with van der Waals surface area (Å²) in [4.78, 5) is 24.1. The molecule has 3 aromatic rings. The van der Waals surface area contributed by atoms with Crippen LogP contribution in [0.4, 0.5) is 11.4 Å². The molecule has 4 heterocycles. The van der Waals surface area contributed by atoms with Gasteiger partial charge in [-0.3, -0.25) is 9.78 Å². The Morgan fingerprint density at radius 3 is 2.71 bits per heavy atom. The van der Waals surface area contributed by atoms with Crippen molar-refractivity contribution >= 4 is 28.3 Å². The van der Waals surface area contributed by atoms with E-state index in [-0.39, 0.29) is 5.91 Å². The van der Waals surface area contributed by atoms with Crippen LogP contribution >= 0.6 is 0 Å². The Balaban J connectivity index is 1.37. The fourth-order valence-corrected chi connectivity index (χ4v) is 4.34. The molecule has 0 saturated carbocycles. The average molecular weight is 375 g/mol. The molecule has 144 valence electrons. The minimum atomic E-state index is -0.179. The molecule has 0 aliphatic carbocycles. The lowest BCUT2D eigenvalue weighted by Gasteiger charge is -2.17. The fraction of sp³-hybridized carbons (Fsp3) is 0.409. The molecule has 0 spiro atoms. The second-order valence-electron chi connectivity index (χ2n) is 7.74. The molecule has 0 unspecified atom stereocenters. The predicted octanol–water partition coefficient (Wildman–Crippen LogP) is 4.01. The normalized spacial score (nSPS) is 16.8. The van der Waals surface area contributed by atoms with Crippen molar-refractivity contribution in [3.05, 3.63) is 48.0 Å². The first kappa shape index (κ1) is 17.2. The largest absolute Gasteiger partial charge is 0.371 e. The summed E-state index contributed by atoms with van der Waals surface area (Å²) in [5.74, 6) is 0.983. The molecule has 2 aromatic heterocycles. The van der Waals surface area contributed by atoms with Crippen LogP contribution in [-0.4, -0.2) is 33.5 Å². The molecule has 0 atom stereocenters. The smallest absolute Gasteiger partial charge is 0.274 e. The topological polar surface area (TPSA) is 63.1 Å². The Morgan fingerprint density at radius 1 is 0.964 bits per heavy atom. The van der Waals surface area contributed by atoms with Gasteiger partial charge in [-0.15, -0.1) is 0 Å². The summed E-state index contributed by atoms with van der Waals surface area (Å²) in [5, 5.41) is 2.99. The third kappa shape index (κ3) is 3.23. The highest BCUT2D eigenvalue weighted by atomic mass is 16.1. The van der Waals surface area contributed by atoms with Gasteiger partial charge in [-0.2, -0.15) is 0 Å². The number of anilines is 2. The highest BCUT2D eigenvalue weighted by Gasteiger charge is 2.17. The molecule has 28 heavy (non-hydrogen) atoms. The zero-order chi connectivity index (χ0) is 18.9. The lowest BCUT2D eigenvalue weighted by Crippen LogP contribution is -2.19. The lowest BCUT2D eigenvalue weighted by atomic mass is 10.2. The van der Waals surface area contributed by atoms with Gasteiger partial charge in [0, 0.05) is 43.6 Å². The van der Waals surface area contributed by atoms with Gasteiger partial charge in [-0.25, -0.2) is 4.98 Å². The van der Waals surface area contributed by atoms with E-state index >= 15 is 0 Å². The van der Waals surface area contributed by atoms with Gasteiger partial charge in [0.05, 0.1) is 11.0 Å². The van der Waals surface area contributed by atoms with E-state index in [1.807, 2.05) is 24.3 Å². The van der Waals surface area contributed by atoms with Gasteiger partial charge >= 0.3 is 0 Å². The van der Waals surface area contributed by atoms with Gasteiger partial charge in [-0.1, -0.05) is 6.42 Å². The second kappa shape index (κ2) is 7.26. The van der Waals surface area contributed by atoms with Crippen LogP contribution in [0.2, 0.25) is 0 Å². The summed E-state index contributed by atoms with van der Waals surface area (Å²) in [6.45, 7) is 3.13. The highest BCUT2D eigenvalue weighted by molar-refractivity contribution is 6.04. The second-order valence-corrected chi connectivity index (χ2v) is 7.74. The molecule has 1 N–H and O–H groups in total. The minimum Gasteiger partial charge on any atom is -0.371 e. The maximum Gasteiger partial charge on any atom is 0.274 e. The van der Waals surface area contributed by atoms with Gasteiger partial charge in [0.2, 0.25) is 0 Å². The summed E-state index contributed by atoms with van der Waals surface area (Å²) >= 11 is 0. The van der Waals surface area contributed by atoms with Gasteiger partial charge in [0.1, 0.15) is 11.5 Å². The highest BCUT2D eigenvalue weighted by Crippen LogP contribution is 2.25. The van der Waals surface area contributed by atoms with E-state index in [2.05, 4.69) is 25.8 Å². The van der Waals surface area contributed by atoms with Crippen molar-refractivity contribution in [2.75, 3.05) is 23.3 Å². The number of carbonyl (C=O) groups is 1. The summed E-state index contributed by atoms with van der Waals surface area (Å²) in [5.41, 5.74) is 4.40. The number of benzene rings is 1. The minimum absolute atomic E-state index is 0.179. The Bertz CT molecular complexity index is 1020. The number of pyridine rings is 1. The number of rotatable bonds is 3. The van der Waals surface area contributed by atoms with Gasteiger partial charge in [0.25, 0.3) is 5.91 Å². The fourth-order valence-electron chi connectivity index (χ4n) is 4.34. The van der Waals surface area contributed by atoms with Gasteiger partial charge in [0.15, 0.2) is 0 Å². The zero-order valence-corrected chi connectivity index (χ0v) is 16.0. The van der Waals surface area contributed by atoms with E-state index in [4.69, 9.17) is 4.98 Å². The first-order chi connectivity index (χ1) is 13.8. The van der Waals surface area contributed by atoms with Gasteiger partial charge in [-0.05, 0) is 56.0 Å². The third-order valence-corrected chi connectivity index (χ3v) is 5.81. The van der Waals surface area contributed by atoms with Crippen LogP contribution < -0.4 is 10.2 Å². The summed E-state index contributed by atoms with van der Waals surface area (Å²) in [7, 11) is 0. The van der Waals surface area contributed by atoms with Gasteiger partial charge < -0.3 is 14.8 Å². The molecule has 0 bridgehead atoms. The molecule has 2 aliphatic heterocycles. The Kier molecular flexibility index (Phi) is 4.47. The van der Waals surface area contributed by atoms with E-state index in [1.165, 1.54) is 32.1 Å². The molecular weight excluding hydrogens is 350 g/mol. The third-order valence-electron chi connectivity index (χ3n) is 5.81. The molecule has 0 radical (unpaired) electrons. The van der Waals surface area contributed by atoms with Crippen molar-refractivity contribution in [1.82, 2.24) is 14.5 Å². The number of imidazole rings is 1. The van der Waals surface area contributed by atoms with E-state index in [0.717, 1.165) is 54.3 Å². The number of carbonyl (C=O) groups excluding carboxylic acids is 1. The molecule has 1 amide bonds. The van der Waals surface area contributed by atoms with Crippen LogP contribution in [0, 0.1) is 0 Å². The van der Waals surface area contributed by atoms with Crippen LogP contribution in [0.5, 0.6) is 0 Å². The Morgan fingerprint density at radius 2 is 1.82 bits per heavy atom. The number of hydrogen-bond donors (Lipinski definition) is 1. The SMILES string of the molecule is O=C(Nc1ccc2c(c1)nc1n2CCCCC1)c1cc(N2CCCC2)ccn1. The summed E-state index contributed by atoms with van der Waals surface area (Å²) in [6.07, 6.45) is 8.84.